The minimum Gasteiger partial charge on any atom is -0.455 e. The number of fused-ring (bicyclic) bond motifs is 2. The van der Waals surface area contributed by atoms with Gasteiger partial charge in [-0.3, -0.25) is 0 Å². The van der Waals surface area contributed by atoms with Crippen molar-refractivity contribution in [2.75, 3.05) is 0 Å². The van der Waals surface area contributed by atoms with Gasteiger partial charge in [0.25, 0.3) is 0 Å². The first-order chi connectivity index (χ1) is 8.80. The molecule has 0 fully saturated rings. The summed E-state index contributed by atoms with van der Waals surface area (Å²) >= 11 is 1.53. The molecule has 0 saturated carbocycles. The van der Waals surface area contributed by atoms with Crippen molar-refractivity contribution in [3.63, 3.8) is 0 Å². The SMILES string of the molecule is [C-]#[N+]c1ccc2c(c1)Sc1cc([N+]#[C-])ccc1O2. The van der Waals surface area contributed by atoms with Crippen molar-refractivity contribution in [3.8, 4) is 11.5 Å². The number of ether oxygens (including phenoxy) is 1. The van der Waals surface area contributed by atoms with E-state index in [2.05, 4.69) is 9.69 Å². The van der Waals surface area contributed by atoms with Gasteiger partial charge in [-0.25, -0.2) is 9.69 Å². The van der Waals surface area contributed by atoms with E-state index in [0.717, 1.165) is 21.3 Å². The molecule has 0 unspecified atom stereocenters. The minimum absolute atomic E-state index is 0.592. The third-order valence-electron chi connectivity index (χ3n) is 2.55. The molecule has 3 nitrogen and oxygen atoms in total. The Morgan fingerprint density at radius 3 is 1.78 bits per heavy atom. The second-order valence-corrected chi connectivity index (χ2v) is 4.77. The van der Waals surface area contributed by atoms with E-state index in [4.69, 9.17) is 17.9 Å². The molecule has 18 heavy (non-hydrogen) atoms. The van der Waals surface area contributed by atoms with Crippen LogP contribution in [-0.2, 0) is 0 Å². The molecule has 2 aromatic rings. The van der Waals surface area contributed by atoms with Gasteiger partial charge in [0, 0.05) is 9.79 Å². The van der Waals surface area contributed by atoms with E-state index >= 15 is 0 Å². The molecule has 0 aliphatic carbocycles. The first-order valence-corrected chi connectivity index (χ1v) is 6.00. The molecule has 0 N–H and O–H groups in total. The molecule has 0 radical (unpaired) electrons. The highest BCUT2D eigenvalue weighted by Crippen LogP contribution is 2.48. The van der Waals surface area contributed by atoms with Crippen molar-refractivity contribution < 1.29 is 4.74 Å². The molecule has 3 rings (SSSR count). The van der Waals surface area contributed by atoms with Gasteiger partial charge >= 0.3 is 0 Å². The molecule has 0 saturated heterocycles. The highest BCUT2D eigenvalue weighted by Gasteiger charge is 2.18. The van der Waals surface area contributed by atoms with Crippen molar-refractivity contribution in [3.05, 3.63) is 59.2 Å². The molecule has 0 amide bonds. The van der Waals surface area contributed by atoms with Crippen LogP contribution in [0.2, 0.25) is 0 Å². The summed E-state index contributed by atoms with van der Waals surface area (Å²) in [6, 6.07) is 10.7. The predicted molar refractivity (Wildman–Crippen MR) is 69.6 cm³/mol. The lowest BCUT2D eigenvalue weighted by atomic mass is 10.2. The Balaban J connectivity index is 2.07. The summed E-state index contributed by atoms with van der Waals surface area (Å²) in [5, 5.41) is 0. The number of hydrogen-bond donors (Lipinski definition) is 0. The standard InChI is InChI=1S/C14H6N2OS/c1-15-9-3-5-11-13(7-9)18-14-8-10(16-2)4-6-12(14)17-11/h3-8H. The molecule has 0 aromatic heterocycles. The Hall–Kier alpha value is -2.43. The van der Waals surface area contributed by atoms with Gasteiger partial charge in [-0.1, -0.05) is 23.9 Å². The fourth-order valence-electron chi connectivity index (χ4n) is 1.70. The Bertz CT molecular complexity index is 664. The van der Waals surface area contributed by atoms with Crippen LogP contribution in [0, 0.1) is 13.1 Å². The minimum atomic E-state index is 0.592. The van der Waals surface area contributed by atoms with Crippen molar-refractivity contribution in [1.82, 2.24) is 0 Å². The lowest BCUT2D eigenvalue weighted by molar-refractivity contribution is 0.455. The first kappa shape index (κ1) is 10.7. The molecular weight excluding hydrogens is 244 g/mol. The summed E-state index contributed by atoms with van der Waals surface area (Å²) in [4.78, 5) is 8.63. The number of benzene rings is 2. The third kappa shape index (κ3) is 1.69. The average Bonchev–Trinajstić information content (AvgIpc) is 2.43. The van der Waals surface area contributed by atoms with Gasteiger partial charge in [-0.05, 0) is 24.3 Å². The largest absolute Gasteiger partial charge is 0.455 e. The van der Waals surface area contributed by atoms with Gasteiger partial charge in [0.1, 0.15) is 11.5 Å². The number of nitrogens with zero attached hydrogens (tertiary/aromatic N) is 2. The van der Waals surface area contributed by atoms with Crippen LogP contribution >= 0.6 is 11.8 Å². The monoisotopic (exact) mass is 250 g/mol. The Morgan fingerprint density at radius 2 is 1.33 bits per heavy atom. The summed E-state index contributed by atoms with van der Waals surface area (Å²) in [7, 11) is 0. The van der Waals surface area contributed by atoms with Crippen molar-refractivity contribution in [2.45, 2.75) is 9.79 Å². The maximum atomic E-state index is 7.01. The lowest BCUT2D eigenvalue weighted by Gasteiger charge is -2.19. The summed E-state index contributed by atoms with van der Waals surface area (Å²) in [6.45, 7) is 14.0. The van der Waals surface area contributed by atoms with Crippen molar-refractivity contribution in [1.29, 1.82) is 0 Å². The van der Waals surface area contributed by atoms with Crippen molar-refractivity contribution in [2.24, 2.45) is 0 Å². The third-order valence-corrected chi connectivity index (χ3v) is 3.63. The Labute approximate surface area is 109 Å². The zero-order valence-corrected chi connectivity index (χ0v) is 9.99. The highest BCUT2D eigenvalue weighted by molar-refractivity contribution is 7.99. The van der Waals surface area contributed by atoms with Gasteiger partial charge < -0.3 is 4.74 Å². The average molecular weight is 250 g/mol. The molecule has 1 heterocycles. The van der Waals surface area contributed by atoms with Gasteiger partial charge in [0.05, 0.1) is 13.1 Å². The van der Waals surface area contributed by atoms with E-state index in [0.29, 0.717) is 11.4 Å². The number of rotatable bonds is 0. The van der Waals surface area contributed by atoms with Gasteiger partial charge in [0.2, 0.25) is 0 Å². The topological polar surface area (TPSA) is 18.0 Å². The summed E-state index contributed by atoms with van der Waals surface area (Å²) in [5.41, 5.74) is 1.18. The molecule has 0 bridgehead atoms. The van der Waals surface area contributed by atoms with Gasteiger partial charge in [-0.15, -0.1) is 0 Å². The van der Waals surface area contributed by atoms with Gasteiger partial charge in [-0.2, -0.15) is 0 Å². The van der Waals surface area contributed by atoms with E-state index < -0.39 is 0 Å². The smallest absolute Gasteiger partial charge is 0.188 e. The fourth-order valence-corrected chi connectivity index (χ4v) is 2.71. The summed E-state index contributed by atoms with van der Waals surface area (Å²) in [5.74, 6) is 1.52. The molecule has 4 heteroatoms. The van der Waals surface area contributed by atoms with Crippen LogP contribution in [0.15, 0.2) is 46.2 Å². The van der Waals surface area contributed by atoms with Crippen LogP contribution < -0.4 is 4.74 Å². The van der Waals surface area contributed by atoms with Crippen LogP contribution in [0.1, 0.15) is 0 Å². The summed E-state index contributed by atoms with van der Waals surface area (Å²) in [6.07, 6.45) is 0. The first-order valence-electron chi connectivity index (χ1n) is 5.19. The molecular formula is C14H6N2OS. The van der Waals surface area contributed by atoms with Gasteiger partial charge in [0.15, 0.2) is 11.4 Å². The van der Waals surface area contributed by atoms with Crippen LogP contribution in [0.25, 0.3) is 9.69 Å². The van der Waals surface area contributed by atoms with E-state index in [1.54, 1.807) is 36.4 Å². The molecule has 0 atom stereocenters. The molecule has 84 valence electrons. The number of hydrogen-bond acceptors (Lipinski definition) is 2. The molecule has 2 aromatic carbocycles. The second kappa shape index (κ2) is 4.10. The quantitative estimate of drug-likeness (QED) is 0.520. The zero-order chi connectivity index (χ0) is 12.5. The highest BCUT2D eigenvalue weighted by atomic mass is 32.2. The van der Waals surface area contributed by atoms with E-state index in [-0.39, 0.29) is 0 Å². The molecule has 1 aliphatic rings. The van der Waals surface area contributed by atoms with Crippen LogP contribution in [0.3, 0.4) is 0 Å². The van der Waals surface area contributed by atoms with Crippen molar-refractivity contribution >= 4 is 23.1 Å². The second-order valence-electron chi connectivity index (χ2n) is 3.69. The molecule has 0 spiro atoms. The lowest BCUT2D eigenvalue weighted by Crippen LogP contribution is -1.93. The fraction of sp³-hybridized carbons (Fsp3) is 0. The Kier molecular flexibility index (Phi) is 2.44. The maximum absolute atomic E-state index is 7.01. The van der Waals surface area contributed by atoms with E-state index in [9.17, 15) is 0 Å². The zero-order valence-electron chi connectivity index (χ0n) is 9.18. The van der Waals surface area contributed by atoms with Crippen LogP contribution in [-0.4, -0.2) is 0 Å². The van der Waals surface area contributed by atoms with E-state index in [1.807, 2.05) is 0 Å². The van der Waals surface area contributed by atoms with Crippen LogP contribution in [0.4, 0.5) is 11.4 Å². The van der Waals surface area contributed by atoms with E-state index in [1.165, 1.54) is 11.8 Å². The Morgan fingerprint density at radius 1 is 0.833 bits per heavy atom. The maximum Gasteiger partial charge on any atom is 0.188 e. The normalized spacial score (nSPS) is 11.4. The molecule has 1 aliphatic heterocycles. The predicted octanol–water partition coefficient (Wildman–Crippen LogP) is 5.05. The van der Waals surface area contributed by atoms with Crippen LogP contribution in [0.5, 0.6) is 11.5 Å². The summed E-state index contributed by atoms with van der Waals surface area (Å²) < 4.78 is 5.75.